The average molecular weight is 596 g/mol. The van der Waals surface area contributed by atoms with E-state index in [-0.39, 0.29) is 0 Å². The van der Waals surface area contributed by atoms with Crippen molar-refractivity contribution in [2.75, 3.05) is 0 Å². The van der Waals surface area contributed by atoms with Crippen LogP contribution in [0.5, 0.6) is 0 Å². The Hall–Kier alpha value is -6.32. The summed E-state index contributed by atoms with van der Waals surface area (Å²) in [4.78, 5) is 10.7. The first-order valence-electron chi connectivity index (χ1n) is 16.1. The summed E-state index contributed by atoms with van der Waals surface area (Å²) in [5.74, 6) is 0.683. The normalized spacial score (nSPS) is 12.3. The van der Waals surface area contributed by atoms with Crippen LogP contribution in [0.4, 0.5) is 0 Å². The molecule has 0 saturated carbocycles. The molecule has 0 amide bonds. The molecule has 0 spiro atoms. The summed E-state index contributed by atoms with van der Waals surface area (Å²) in [7, 11) is 0. The first-order chi connectivity index (χ1) is 23.3. The topological polar surface area (TPSA) is 30.7 Å². The molecule has 0 aliphatic heterocycles. The Bertz CT molecular complexity index is 2940. The second-order valence-electron chi connectivity index (χ2n) is 12.6. The predicted octanol–water partition coefficient (Wildman–Crippen LogP) is 11.5. The lowest BCUT2D eigenvalue weighted by Gasteiger charge is -2.14. The number of benzene rings is 8. The molecule has 0 radical (unpaired) electrons. The maximum Gasteiger partial charge on any atom is 0.235 e. The van der Waals surface area contributed by atoms with Gasteiger partial charge < -0.3 is 0 Å². The van der Waals surface area contributed by atoms with Crippen molar-refractivity contribution in [3.8, 4) is 39.5 Å². The van der Waals surface area contributed by atoms with Gasteiger partial charge in [0.2, 0.25) is 5.95 Å². The van der Waals surface area contributed by atoms with E-state index in [0.29, 0.717) is 5.95 Å². The minimum absolute atomic E-state index is 0.683. The molecule has 3 nitrogen and oxygen atoms in total. The third-order valence-electron chi connectivity index (χ3n) is 10.1. The van der Waals surface area contributed by atoms with Crippen LogP contribution in [0.3, 0.4) is 0 Å². The molecule has 0 fully saturated rings. The highest BCUT2D eigenvalue weighted by Crippen LogP contribution is 2.49. The van der Waals surface area contributed by atoms with Crippen molar-refractivity contribution in [2.45, 2.75) is 0 Å². The molecule has 0 bridgehead atoms. The molecule has 2 aromatic heterocycles. The Morgan fingerprint density at radius 3 is 1.64 bits per heavy atom. The lowest BCUT2D eigenvalue weighted by atomic mass is 9.93. The predicted molar refractivity (Wildman–Crippen MR) is 196 cm³/mol. The molecule has 0 unspecified atom stereocenters. The highest BCUT2D eigenvalue weighted by Gasteiger charge is 2.25. The number of hydrogen-bond acceptors (Lipinski definition) is 2. The zero-order valence-electron chi connectivity index (χ0n) is 25.3. The van der Waals surface area contributed by atoms with E-state index in [0.717, 1.165) is 33.2 Å². The molecule has 216 valence electrons. The van der Waals surface area contributed by atoms with E-state index >= 15 is 0 Å². The molecule has 1 aliphatic carbocycles. The number of aromatic nitrogens is 3. The van der Waals surface area contributed by atoms with Gasteiger partial charge in [-0.15, -0.1) is 0 Å². The quantitative estimate of drug-likeness (QED) is 0.190. The summed E-state index contributed by atoms with van der Waals surface area (Å²) in [6.45, 7) is 0. The lowest BCUT2D eigenvalue weighted by Crippen LogP contribution is -2.03. The van der Waals surface area contributed by atoms with Crippen LogP contribution in [-0.4, -0.2) is 14.5 Å². The summed E-state index contributed by atoms with van der Waals surface area (Å²) in [5.41, 5.74) is 10.1. The molecule has 0 N–H and O–H groups in total. The van der Waals surface area contributed by atoms with E-state index in [2.05, 4.69) is 156 Å². The minimum Gasteiger partial charge on any atom is -0.278 e. The van der Waals surface area contributed by atoms with Crippen LogP contribution >= 0.6 is 0 Å². The van der Waals surface area contributed by atoms with Gasteiger partial charge in [0.15, 0.2) is 0 Å². The largest absolute Gasteiger partial charge is 0.278 e. The Balaban J connectivity index is 1.26. The van der Waals surface area contributed by atoms with Crippen molar-refractivity contribution in [3.05, 3.63) is 152 Å². The third kappa shape index (κ3) is 3.35. The zero-order chi connectivity index (χ0) is 30.6. The summed E-state index contributed by atoms with van der Waals surface area (Å²) < 4.78 is 2.29. The zero-order valence-corrected chi connectivity index (χ0v) is 25.3. The molecule has 47 heavy (non-hydrogen) atoms. The van der Waals surface area contributed by atoms with Crippen molar-refractivity contribution in [2.24, 2.45) is 0 Å². The van der Waals surface area contributed by atoms with Gasteiger partial charge in [0.05, 0.1) is 22.2 Å². The Labute approximate surface area is 270 Å². The van der Waals surface area contributed by atoms with Crippen LogP contribution in [0, 0.1) is 0 Å². The number of para-hydroxylation sites is 1. The van der Waals surface area contributed by atoms with Gasteiger partial charge in [-0.2, -0.15) is 0 Å². The maximum absolute atomic E-state index is 5.40. The van der Waals surface area contributed by atoms with Gasteiger partial charge in [-0.25, -0.2) is 9.97 Å². The van der Waals surface area contributed by atoms with E-state index in [1.165, 1.54) is 65.3 Å². The van der Waals surface area contributed by atoms with Crippen LogP contribution in [0.1, 0.15) is 0 Å². The molecule has 11 rings (SSSR count). The van der Waals surface area contributed by atoms with Crippen LogP contribution in [-0.2, 0) is 0 Å². The smallest absolute Gasteiger partial charge is 0.235 e. The third-order valence-corrected chi connectivity index (χ3v) is 10.1. The van der Waals surface area contributed by atoms with Gasteiger partial charge in [-0.1, -0.05) is 133 Å². The SMILES string of the molecule is c1ccc(-c2ccc(-c3nc(-n4c5ccc6cccc7c6c5c5c6c(ccc8cccc-7c86)ccc54)nc4ccccc34)cc2)cc1. The molecule has 0 atom stereocenters. The van der Waals surface area contributed by atoms with Gasteiger partial charge in [0.25, 0.3) is 0 Å². The molecular weight excluding hydrogens is 571 g/mol. The van der Waals surface area contributed by atoms with E-state index in [9.17, 15) is 0 Å². The molecule has 2 heterocycles. The minimum atomic E-state index is 0.683. The second kappa shape index (κ2) is 9.12. The van der Waals surface area contributed by atoms with Crippen molar-refractivity contribution < 1.29 is 0 Å². The summed E-state index contributed by atoms with van der Waals surface area (Å²) >= 11 is 0. The molecule has 8 aromatic carbocycles. The van der Waals surface area contributed by atoms with Crippen LogP contribution in [0.15, 0.2) is 152 Å². The van der Waals surface area contributed by atoms with E-state index in [4.69, 9.17) is 9.97 Å². The Morgan fingerprint density at radius 2 is 0.915 bits per heavy atom. The Morgan fingerprint density at radius 1 is 0.362 bits per heavy atom. The fourth-order valence-corrected chi connectivity index (χ4v) is 8.06. The van der Waals surface area contributed by atoms with Crippen molar-refractivity contribution >= 4 is 65.0 Å². The number of rotatable bonds is 3. The maximum atomic E-state index is 5.40. The molecule has 0 saturated heterocycles. The first-order valence-corrected chi connectivity index (χ1v) is 16.1. The molecule has 3 heteroatoms. The average Bonchev–Trinajstić information content (AvgIpc) is 3.42. The molecule has 1 aliphatic rings. The van der Waals surface area contributed by atoms with Crippen molar-refractivity contribution in [3.63, 3.8) is 0 Å². The van der Waals surface area contributed by atoms with Crippen molar-refractivity contribution in [1.82, 2.24) is 14.5 Å². The van der Waals surface area contributed by atoms with E-state index in [1.54, 1.807) is 0 Å². The van der Waals surface area contributed by atoms with Gasteiger partial charge in [-0.3, -0.25) is 4.57 Å². The number of fused-ring (bicyclic) bond motifs is 2. The van der Waals surface area contributed by atoms with Crippen LogP contribution in [0.25, 0.3) is 104 Å². The van der Waals surface area contributed by atoms with Gasteiger partial charge in [-0.05, 0) is 67.4 Å². The number of hydrogen-bond donors (Lipinski definition) is 0. The highest BCUT2D eigenvalue weighted by molar-refractivity contribution is 6.38. The Kier molecular flexibility index (Phi) is 4.84. The summed E-state index contributed by atoms with van der Waals surface area (Å²) in [6, 6.07) is 54.6. The fraction of sp³-hybridized carbons (Fsp3) is 0. The monoisotopic (exact) mass is 595 g/mol. The van der Waals surface area contributed by atoms with Gasteiger partial charge in [0.1, 0.15) is 0 Å². The van der Waals surface area contributed by atoms with Crippen molar-refractivity contribution in [1.29, 1.82) is 0 Å². The number of nitrogens with zero attached hydrogens (tertiary/aromatic N) is 3. The molecule has 10 aromatic rings. The van der Waals surface area contributed by atoms with Gasteiger partial charge in [0, 0.05) is 27.1 Å². The summed E-state index contributed by atoms with van der Waals surface area (Å²) in [5, 5.41) is 11.3. The van der Waals surface area contributed by atoms with E-state index < -0.39 is 0 Å². The fourth-order valence-electron chi connectivity index (χ4n) is 8.06. The second-order valence-corrected chi connectivity index (χ2v) is 12.6. The van der Waals surface area contributed by atoms with Crippen LogP contribution in [0.2, 0.25) is 0 Å². The molecular formula is C44H25N3. The standard InChI is InChI=1S/C44H25N3/c1-2-8-26(9-3-1)27-16-20-31(21-17-27)43-34-12-4-5-15-35(34)45-44(46-43)47-36-24-22-29-11-7-14-33-32-13-6-10-28-18-19-30-23-25-37(47)42(40(30)38(28)32)41(36)39(29)33/h1-25H. The summed E-state index contributed by atoms with van der Waals surface area (Å²) in [6.07, 6.45) is 0. The van der Waals surface area contributed by atoms with Gasteiger partial charge >= 0.3 is 0 Å². The van der Waals surface area contributed by atoms with Crippen LogP contribution < -0.4 is 0 Å². The lowest BCUT2D eigenvalue weighted by molar-refractivity contribution is 1.01. The highest BCUT2D eigenvalue weighted by atomic mass is 15.2. The van der Waals surface area contributed by atoms with E-state index in [1.807, 2.05) is 0 Å². The first kappa shape index (κ1) is 24.9.